The van der Waals surface area contributed by atoms with Crippen LogP contribution in [0.2, 0.25) is 0 Å². The van der Waals surface area contributed by atoms with Gasteiger partial charge in [0.1, 0.15) is 11.4 Å². The maximum atomic E-state index is 11.6. The Bertz CT molecular complexity index is 840. The summed E-state index contributed by atoms with van der Waals surface area (Å²) < 4.78 is 0. The maximum absolute atomic E-state index is 11.6. The van der Waals surface area contributed by atoms with Gasteiger partial charge in [-0.1, -0.05) is 12.1 Å². The molecule has 0 aliphatic heterocycles. The summed E-state index contributed by atoms with van der Waals surface area (Å²) in [4.78, 5) is 28.3. The Labute approximate surface area is 159 Å². The maximum Gasteiger partial charge on any atom is 0.291 e. The van der Waals surface area contributed by atoms with E-state index < -0.39 is 11.0 Å². The SMILES string of the molecule is Cc1cccc(Nc2nc(NCCNC(=N)N)ncc2C(N)=O)c1.O=[N+]([O-])O. The van der Waals surface area contributed by atoms with Crippen LogP contribution in [0.4, 0.5) is 17.5 Å². The first-order chi connectivity index (χ1) is 13.2. The van der Waals surface area contributed by atoms with E-state index in [0.717, 1.165) is 11.3 Å². The number of carbonyl (C=O) groups excluding carboxylic acids is 1. The number of rotatable bonds is 7. The molecule has 1 heterocycles. The van der Waals surface area contributed by atoms with Gasteiger partial charge in [-0.25, -0.2) is 4.98 Å². The number of nitrogens with zero attached hydrogens (tertiary/aromatic N) is 3. The number of nitrogens with one attached hydrogen (secondary N) is 4. The fourth-order valence-corrected chi connectivity index (χ4v) is 1.97. The van der Waals surface area contributed by atoms with Gasteiger partial charge in [0, 0.05) is 25.0 Å². The summed E-state index contributed by atoms with van der Waals surface area (Å²) in [5.41, 5.74) is 12.6. The molecule has 0 aliphatic carbocycles. The van der Waals surface area contributed by atoms with Crippen LogP contribution in [0.5, 0.6) is 0 Å². The molecule has 0 unspecified atom stereocenters. The number of primary amides is 1. The molecule has 2 aromatic rings. The molecule has 0 fully saturated rings. The highest BCUT2D eigenvalue weighted by molar-refractivity contribution is 5.98. The van der Waals surface area contributed by atoms with E-state index in [2.05, 4.69) is 25.9 Å². The molecular formula is C15H21N9O4. The summed E-state index contributed by atoms with van der Waals surface area (Å²) in [6.45, 7) is 2.87. The fourth-order valence-electron chi connectivity index (χ4n) is 1.97. The van der Waals surface area contributed by atoms with Crippen molar-refractivity contribution in [1.82, 2.24) is 15.3 Å². The highest BCUT2D eigenvalue weighted by atomic mass is 16.9. The van der Waals surface area contributed by atoms with Crippen molar-refractivity contribution in [2.45, 2.75) is 6.92 Å². The van der Waals surface area contributed by atoms with Gasteiger partial charge in [-0.2, -0.15) is 4.98 Å². The van der Waals surface area contributed by atoms with Crippen molar-refractivity contribution in [1.29, 1.82) is 5.41 Å². The Morgan fingerprint density at radius 1 is 1.36 bits per heavy atom. The molecule has 1 aromatic carbocycles. The molecule has 9 N–H and O–H groups in total. The number of anilines is 3. The van der Waals surface area contributed by atoms with Gasteiger partial charge in [-0.3, -0.25) is 10.2 Å². The van der Waals surface area contributed by atoms with Crippen LogP contribution in [0.25, 0.3) is 0 Å². The standard InChI is InChI=1S/C15H20N8O.HNO3/c1-9-3-2-4-10(7-9)22-13-11(12(16)24)8-21-15(23-13)20-6-5-19-14(17)18;2-1(3)4/h2-4,7-8H,5-6H2,1H3,(H2,16,24)(H4,17,18,19)(H2,20,21,22,23);(H,2,3,4). The fraction of sp³-hybridized carbons (Fsp3) is 0.200. The Morgan fingerprint density at radius 2 is 2.04 bits per heavy atom. The number of aromatic nitrogens is 2. The third kappa shape index (κ3) is 8.28. The molecule has 13 heteroatoms. The van der Waals surface area contributed by atoms with Crippen LogP contribution >= 0.6 is 0 Å². The van der Waals surface area contributed by atoms with Crippen molar-refractivity contribution in [3.05, 3.63) is 51.7 Å². The zero-order valence-corrected chi connectivity index (χ0v) is 15.0. The van der Waals surface area contributed by atoms with Crippen molar-refractivity contribution in [2.75, 3.05) is 23.7 Å². The molecule has 1 amide bonds. The minimum Gasteiger partial charge on any atom is -0.370 e. The monoisotopic (exact) mass is 391 g/mol. The normalized spacial score (nSPS) is 9.46. The van der Waals surface area contributed by atoms with Crippen LogP contribution in [-0.2, 0) is 0 Å². The number of guanidine groups is 1. The van der Waals surface area contributed by atoms with Gasteiger partial charge >= 0.3 is 0 Å². The Hall–Kier alpha value is -4.16. The molecule has 0 saturated heterocycles. The molecule has 0 radical (unpaired) electrons. The highest BCUT2D eigenvalue weighted by Crippen LogP contribution is 2.20. The summed E-state index contributed by atoms with van der Waals surface area (Å²) in [6, 6.07) is 7.66. The molecule has 0 aliphatic rings. The molecule has 0 saturated carbocycles. The number of hydrogen-bond acceptors (Lipinski definition) is 8. The van der Waals surface area contributed by atoms with Crippen LogP contribution in [0.3, 0.4) is 0 Å². The van der Waals surface area contributed by atoms with E-state index in [1.54, 1.807) is 0 Å². The van der Waals surface area contributed by atoms with Crippen LogP contribution in [0, 0.1) is 22.4 Å². The van der Waals surface area contributed by atoms with Gasteiger partial charge in [0.05, 0.1) is 0 Å². The number of nitrogens with two attached hydrogens (primary N) is 2. The van der Waals surface area contributed by atoms with Crippen molar-refractivity contribution in [3.8, 4) is 0 Å². The summed E-state index contributed by atoms with van der Waals surface area (Å²) >= 11 is 0. The lowest BCUT2D eigenvalue weighted by Gasteiger charge is -2.12. The van der Waals surface area contributed by atoms with Crippen molar-refractivity contribution in [3.63, 3.8) is 0 Å². The summed E-state index contributed by atoms with van der Waals surface area (Å²) in [7, 11) is 0. The number of carbonyl (C=O) groups is 1. The van der Waals surface area contributed by atoms with Crippen molar-refractivity contribution < 1.29 is 15.1 Å². The van der Waals surface area contributed by atoms with E-state index in [1.807, 2.05) is 31.2 Å². The van der Waals surface area contributed by atoms with Crippen LogP contribution < -0.4 is 27.4 Å². The van der Waals surface area contributed by atoms with E-state index in [0.29, 0.717) is 24.9 Å². The van der Waals surface area contributed by atoms with Crippen LogP contribution in [0.1, 0.15) is 15.9 Å². The second kappa shape index (κ2) is 10.7. The lowest BCUT2D eigenvalue weighted by atomic mass is 10.2. The average Bonchev–Trinajstić information content (AvgIpc) is 2.58. The largest absolute Gasteiger partial charge is 0.370 e. The van der Waals surface area contributed by atoms with E-state index in [-0.39, 0.29) is 11.5 Å². The van der Waals surface area contributed by atoms with Gasteiger partial charge in [-0.05, 0) is 24.6 Å². The van der Waals surface area contributed by atoms with E-state index in [9.17, 15) is 4.79 Å². The zero-order chi connectivity index (χ0) is 21.1. The molecule has 150 valence electrons. The Kier molecular flexibility index (Phi) is 8.40. The first-order valence-electron chi connectivity index (χ1n) is 7.84. The number of aryl methyl sites for hydroxylation is 1. The molecule has 2 rings (SSSR count). The molecule has 0 bridgehead atoms. The second-order valence-electron chi connectivity index (χ2n) is 5.32. The van der Waals surface area contributed by atoms with E-state index >= 15 is 0 Å². The van der Waals surface area contributed by atoms with Gasteiger partial charge < -0.3 is 32.6 Å². The molecule has 0 spiro atoms. The lowest BCUT2D eigenvalue weighted by Crippen LogP contribution is -2.34. The topological polar surface area (TPSA) is 218 Å². The van der Waals surface area contributed by atoms with Gasteiger partial charge in [-0.15, -0.1) is 10.1 Å². The minimum absolute atomic E-state index is 0.108. The highest BCUT2D eigenvalue weighted by Gasteiger charge is 2.12. The molecular weight excluding hydrogens is 370 g/mol. The van der Waals surface area contributed by atoms with E-state index in [4.69, 9.17) is 32.2 Å². The minimum atomic E-state index is -1.50. The third-order valence-corrected chi connectivity index (χ3v) is 3.06. The smallest absolute Gasteiger partial charge is 0.291 e. The molecule has 1 aromatic heterocycles. The summed E-state index contributed by atoms with van der Waals surface area (Å²) in [5.74, 6) is -0.0656. The van der Waals surface area contributed by atoms with Crippen molar-refractivity contribution >= 4 is 29.3 Å². The predicted octanol–water partition coefficient (Wildman–Crippen LogP) is 0.175. The van der Waals surface area contributed by atoms with Crippen LogP contribution in [-0.4, -0.2) is 45.2 Å². The quantitative estimate of drug-likeness (QED) is 0.111. The first kappa shape index (κ1) is 21.9. The predicted molar refractivity (Wildman–Crippen MR) is 102 cm³/mol. The number of amides is 1. The third-order valence-electron chi connectivity index (χ3n) is 3.06. The molecule has 28 heavy (non-hydrogen) atoms. The van der Waals surface area contributed by atoms with E-state index in [1.165, 1.54) is 6.20 Å². The number of hydrogen-bond donors (Lipinski definition) is 7. The lowest BCUT2D eigenvalue weighted by molar-refractivity contribution is -0.742. The summed E-state index contributed by atoms with van der Waals surface area (Å²) in [6.07, 6.45) is 1.37. The Morgan fingerprint density at radius 3 is 2.61 bits per heavy atom. The first-order valence-corrected chi connectivity index (χ1v) is 7.84. The van der Waals surface area contributed by atoms with Crippen LogP contribution in [0.15, 0.2) is 30.5 Å². The van der Waals surface area contributed by atoms with Gasteiger partial charge in [0.2, 0.25) is 5.95 Å². The second-order valence-corrected chi connectivity index (χ2v) is 5.32. The Balaban J connectivity index is 0.000000892. The summed E-state index contributed by atoms with van der Waals surface area (Å²) in [5, 5.41) is 29.4. The zero-order valence-electron chi connectivity index (χ0n) is 15.0. The average molecular weight is 391 g/mol. The molecule has 0 atom stereocenters. The van der Waals surface area contributed by atoms with Crippen molar-refractivity contribution in [2.24, 2.45) is 11.5 Å². The van der Waals surface area contributed by atoms with Gasteiger partial charge in [0.25, 0.3) is 11.0 Å². The number of benzene rings is 1. The van der Waals surface area contributed by atoms with Gasteiger partial charge in [0.15, 0.2) is 5.96 Å². The molecule has 13 nitrogen and oxygen atoms in total.